The van der Waals surface area contributed by atoms with Crippen LogP contribution in [0.15, 0.2) is 54.3 Å². The molecule has 0 saturated heterocycles. The molecular formula is C26H31FO. The molecule has 0 bridgehead atoms. The van der Waals surface area contributed by atoms with Gasteiger partial charge in [-0.2, -0.15) is 0 Å². The molecule has 1 nitrogen and oxygen atoms in total. The van der Waals surface area contributed by atoms with Crippen molar-refractivity contribution in [1.82, 2.24) is 0 Å². The second-order valence-corrected chi connectivity index (χ2v) is 8.54. The second-order valence-electron chi connectivity index (χ2n) is 8.54. The van der Waals surface area contributed by atoms with Gasteiger partial charge < -0.3 is 4.74 Å². The Labute approximate surface area is 168 Å². The van der Waals surface area contributed by atoms with Gasteiger partial charge in [0.2, 0.25) is 0 Å². The van der Waals surface area contributed by atoms with Crippen LogP contribution in [0, 0.1) is 11.7 Å². The van der Waals surface area contributed by atoms with Gasteiger partial charge in [-0.1, -0.05) is 49.7 Å². The number of allylic oxidation sites excluding steroid dienone is 2. The van der Waals surface area contributed by atoms with Crippen molar-refractivity contribution in [3.05, 3.63) is 71.2 Å². The van der Waals surface area contributed by atoms with Crippen molar-refractivity contribution in [3.8, 4) is 11.1 Å². The largest absolute Gasteiger partial charge is 0.498 e. The Morgan fingerprint density at radius 2 is 1.64 bits per heavy atom. The van der Waals surface area contributed by atoms with E-state index in [-0.39, 0.29) is 5.82 Å². The molecule has 1 aliphatic heterocycles. The van der Waals surface area contributed by atoms with Crippen LogP contribution >= 0.6 is 0 Å². The molecule has 0 spiro atoms. The zero-order valence-electron chi connectivity index (χ0n) is 17.1. The van der Waals surface area contributed by atoms with Gasteiger partial charge in [0.25, 0.3) is 0 Å². The molecule has 1 atom stereocenters. The highest BCUT2D eigenvalue weighted by Crippen LogP contribution is 2.39. The van der Waals surface area contributed by atoms with Gasteiger partial charge >= 0.3 is 0 Å². The van der Waals surface area contributed by atoms with Crippen LogP contribution in [-0.4, -0.2) is 6.61 Å². The van der Waals surface area contributed by atoms with Crippen LogP contribution in [-0.2, 0) is 4.74 Å². The normalized spacial score (nSPS) is 25.1. The summed E-state index contributed by atoms with van der Waals surface area (Å²) >= 11 is 0. The van der Waals surface area contributed by atoms with E-state index in [1.807, 2.05) is 13.0 Å². The molecule has 4 rings (SSSR count). The molecular weight excluding hydrogens is 347 g/mol. The van der Waals surface area contributed by atoms with Crippen LogP contribution in [0.25, 0.3) is 11.1 Å². The molecule has 1 unspecified atom stereocenters. The van der Waals surface area contributed by atoms with Gasteiger partial charge in [0, 0.05) is 5.92 Å². The first-order valence-electron chi connectivity index (χ1n) is 10.8. The van der Waals surface area contributed by atoms with E-state index >= 15 is 0 Å². The van der Waals surface area contributed by atoms with Crippen LogP contribution in [0.3, 0.4) is 0 Å². The topological polar surface area (TPSA) is 9.23 Å². The Bertz CT molecular complexity index is 828. The molecule has 0 N–H and O–H groups in total. The number of ether oxygens (including phenoxy) is 1. The lowest BCUT2D eigenvalue weighted by Crippen LogP contribution is -2.13. The van der Waals surface area contributed by atoms with Gasteiger partial charge in [0.05, 0.1) is 12.4 Å². The summed E-state index contributed by atoms with van der Waals surface area (Å²) in [6.45, 7) is 5.02. The number of halogens is 1. The monoisotopic (exact) mass is 378 g/mol. The lowest BCUT2D eigenvalue weighted by Gasteiger charge is -2.28. The fraction of sp³-hybridized carbons (Fsp3) is 0.462. The maximum absolute atomic E-state index is 14.9. The van der Waals surface area contributed by atoms with Crippen molar-refractivity contribution in [1.29, 1.82) is 0 Å². The van der Waals surface area contributed by atoms with E-state index in [2.05, 4.69) is 43.3 Å². The molecule has 2 aliphatic rings. The Morgan fingerprint density at radius 3 is 2.25 bits per heavy atom. The van der Waals surface area contributed by atoms with Crippen LogP contribution in [0.1, 0.15) is 75.3 Å². The smallest absolute Gasteiger partial charge is 0.127 e. The zero-order chi connectivity index (χ0) is 19.5. The van der Waals surface area contributed by atoms with Gasteiger partial charge in [-0.05, 0) is 85.3 Å². The van der Waals surface area contributed by atoms with E-state index < -0.39 is 0 Å². The summed E-state index contributed by atoms with van der Waals surface area (Å²) in [6, 6.07) is 14.4. The third-order valence-electron chi connectivity index (χ3n) is 6.78. The molecule has 2 aromatic carbocycles. The third kappa shape index (κ3) is 4.16. The van der Waals surface area contributed by atoms with Crippen molar-refractivity contribution in [2.45, 2.75) is 64.2 Å². The molecule has 28 heavy (non-hydrogen) atoms. The maximum atomic E-state index is 14.9. The number of hydrogen-bond acceptors (Lipinski definition) is 1. The summed E-state index contributed by atoms with van der Waals surface area (Å²) in [5.74, 6) is 2.62. The molecule has 1 saturated carbocycles. The van der Waals surface area contributed by atoms with E-state index in [9.17, 15) is 4.39 Å². The zero-order valence-corrected chi connectivity index (χ0v) is 17.1. The molecule has 0 radical (unpaired) electrons. The van der Waals surface area contributed by atoms with Gasteiger partial charge in [-0.25, -0.2) is 4.39 Å². The summed E-state index contributed by atoms with van der Waals surface area (Å²) in [4.78, 5) is 0. The van der Waals surface area contributed by atoms with Crippen LogP contribution in [0.5, 0.6) is 0 Å². The van der Waals surface area contributed by atoms with E-state index in [0.717, 1.165) is 54.2 Å². The molecule has 0 aromatic heterocycles. The number of benzene rings is 2. The first-order chi connectivity index (χ1) is 13.6. The number of rotatable bonds is 4. The fourth-order valence-electron chi connectivity index (χ4n) is 4.77. The van der Waals surface area contributed by atoms with E-state index in [1.165, 1.54) is 24.8 Å². The van der Waals surface area contributed by atoms with Crippen molar-refractivity contribution < 1.29 is 9.13 Å². The Balaban J connectivity index is 1.47. The van der Waals surface area contributed by atoms with Gasteiger partial charge in [0.1, 0.15) is 5.82 Å². The summed E-state index contributed by atoms with van der Waals surface area (Å²) < 4.78 is 20.6. The maximum Gasteiger partial charge on any atom is 0.127 e. The van der Waals surface area contributed by atoms with Crippen molar-refractivity contribution in [2.75, 3.05) is 6.61 Å². The van der Waals surface area contributed by atoms with Gasteiger partial charge in [-0.15, -0.1) is 0 Å². The minimum Gasteiger partial charge on any atom is -0.498 e. The predicted octanol–water partition coefficient (Wildman–Crippen LogP) is 7.58. The first kappa shape index (κ1) is 19.2. The highest BCUT2D eigenvalue weighted by atomic mass is 19.1. The highest BCUT2D eigenvalue weighted by molar-refractivity contribution is 5.64. The van der Waals surface area contributed by atoms with Crippen LogP contribution in [0.4, 0.5) is 4.39 Å². The second kappa shape index (κ2) is 8.51. The SMILES string of the molecule is CCC1CCC(c2ccc(-c3ccc(C4CC=C(C)OC4)cc3)cc2F)CC1. The highest BCUT2D eigenvalue weighted by Gasteiger charge is 2.23. The van der Waals surface area contributed by atoms with Crippen molar-refractivity contribution in [2.24, 2.45) is 5.92 Å². The minimum atomic E-state index is -0.0391. The minimum absolute atomic E-state index is 0.0391. The first-order valence-corrected chi connectivity index (χ1v) is 10.8. The molecule has 1 heterocycles. The number of hydrogen-bond donors (Lipinski definition) is 0. The molecule has 1 aliphatic carbocycles. The summed E-state index contributed by atoms with van der Waals surface area (Å²) in [6.07, 6.45) is 9.17. The summed E-state index contributed by atoms with van der Waals surface area (Å²) in [7, 11) is 0. The van der Waals surface area contributed by atoms with E-state index in [0.29, 0.717) is 11.8 Å². The molecule has 0 amide bonds. The molecule has 1 fully saturated rings. The Hall–Kier alpha value is -2.09. The van der Waals surface area contributed by atoms with Gasteiger partial charge in [0.15, 0.2) is 0 Å². The van der Waals surface area contributed by atoms with Crippen LogP contribution in [0.2, 0.25) is 0 Å². The summed E-state index contributed by atoms with van der Waals surface area (Å²) in [5, 5.41) is 0. The lowest BCUT2D eigenvalue weighted by molar-refractivity contribution is 0.177. The lowest BCUT2D eigenvalue weighted by atomic mass is 9.77. The van der Waals surface area contributed by atoms with Crippen LogP contribution < -0.4 is 0 Å². The van der Waals surface area contributed by atoms with E-state index in [1.54, 1.807) is 6.07 Å². The molecule has 2 heteroatoms. The van der Waals surface area contributed by atoms with Crippen molar-refractivity contribution in [3.63, 3.8) is 0 Å². The standard InChI is InChI=1S/C26H31FO/c1-3-19-5-8-22(9-6-19)25-15-14-23(16-26(25)27)20-10-12-21(13-11-20)24-7-4-18(2)28-17-24/h4,10-16,19,22,24H,3,5-9,17H2,1-2H3. The average Bonchev–Trinajstić information content (AvgIpc) is 2.74. The quantitative estimate of drug-likeness (QED) is 0.532. The third-order valence-corrected chi connectivity index (χ3v) is 6.78. The average molecular weight is 379 g/mol. The summed E-state index contributed by atoms with van der Waals surface area (Å²) in [5.41, 5.74) is 4.24. The van der Waals surface area contributed by atoms with Gasteiger partial charge in [-0.3, -0.25) is 0 Å². The molecule has 2 aromatic rings. The predicted molar refractivity (Wildman–Crippen MR) is 114 cm³/mol. The Morgan fingerprint density at radius 1 is 0.929 bits per heavy atom. The van der Waals surface area contributed by atoms with E-state index in [4.69, 9.17) is 4.74 Å². The molecule has 148 valence electrons. The Kier molecular flexibility index (Phi) is 5.85. The van der Waals surface area contributed by atoms with Crippen molar-refractivity contribution >= 4 is 0 Å². The fourth-order valence-corrected chi connectivity index (χ4v) is 4.77.